The van der Waals surface area contributed by atoms with Crippen LogP contribution in [-0.2, 0) is 11.3 Å². The Kier molecular flexibility index (Phi) is 5.94. The van der Waals surface area contributed by atoms with Crippen molar-refractivity contribution in [3.63, 3.8) is 0 Å². The van der Waals surface area contributed by atoms with Gasteiger partial charge in [-0.15, -0.1) is 11.3 Å². The van der Waals surface area contributed by atoms with Crippen LogP contribution in [0.2, 0.25) is 0 Å². The van der Waals surface area contributed by atoms with Crippen LogP contribution in [-0.4, -0.2) is 28.9 Å². The minimum atomic E-state index is -0.0770. The van der Waals surface area contributed by atoms with Gasteiger partial charge in [-0.25, -0.2) is 0 Å². The Morgan fingerprint density at radius 2 is 1.66 bits per heavy atom. The Morgan fingerprint density at radius 3 is 2.45 bits per heavy atom. The van der Waals surface area contributed by atoms with E-state index in [1.165, 1.54) is 17.7 Å². The molecule has 2 saturated heterocycles. The summed E-state index contributed by atoms with van der Waals surface area (Å²) < 4.78 is 6.50. The van der Waals surface area contributed by atoms with Crippen molar-refractivity contribution >= 4 is 34.3 Å². The summed E-state index contributed by atoms with van der Waals surface area (Å²) in [6, 6.07) is 28.9. The molecule has 2 fully saturated rings. The maximum atomic E-state index is 11.8. The van der Waals surface area contributed by atoms with Crippen molar-refractivity contribution in [3.05, 3.63) is 89.1 Å². The summed E-state index contributed by atoms with van der Waals surface area (Å²) in [5, 5.41) is 5.16. The summed E-state index contributed by atoms with van der Waals surface area (Å²) >= 11 is 1.87. The van der Waals surface area contributed by atoms with E-state index in [1.54, 1.807) is 6.92 Å². The lowest BCUT2D eigenvalue weighted by molar-refractivity contribution is -0.114. The van der Waals surface area contributed by atoms with Crippen LogP contribution in [0.25, 0.3) is 11.1 Å². The standard InChI is InChI=1S/C32H31N3O2S/c1-21(36)33-28-9-3-2-8-27(28)22-12-15-30-32(17-22)37-31-11-5-4-10-29(31)35(30)25-18-23-13-14-24(19-25)34(23)20-26-7-6-16-38-26/h2-12,15-17,23-25H,13-14,18-20H2,1H3,(H,33,36)/t23-,24+,25?. The molecule has 4 aromatic rings. The van der Waals surface area contributed by atoms with E-state index >= 15 is 0 Å². The average molecular weight is 522 g/mol. The minimum Gasteiger partial charge on any atom is -0.453 e. The summed E-state index contributed by atoms with van der Waals surface area (Å²) in [6.07, 6.45) is 4.88. The number of piperidine rings is 1. The first-order valence-corrected chi connectivity index (χ1v) is 14.4. The molecule has 0 radical (unpaired) electrons. The quantitative estimate of drug-likeness (QED) is 0.291. The fraction of sp³-hybridized carbons (Fsp3) is 0.281. The van der Waals surface area contributed by atoms with Crippen molar-refractivity contribution < 1.29 is 9.53 Å². The van der Waals surface area contributed by atoms with Crippen LogP contribution in [0.3, 0.4) is 0 Å². The van der Waals surface area contributed by atoms with Crippen molar-refractivity contribution in [2.75, 3.05) is 10.2 Å². The summed E-state index contributed by atoms with van der Waals surface area (Å²) in [4.78, 5) is 18.6. The largest absolute Gasteiger partial charge is 0.453 e. The van der Waals surface area contributed by atoms with Crippen LogP contribution in [0.1, 0.15) is 37.5 Å². The van der Waals surface area contributed by atoms with E-state index < -0.39 is 0 Å². The predicted molar refractivity (Wildman–Crippen MR) is 155 cm³/mol. The lowest BCUT2D eigenvalue weighted by atomic mass is 9.93. The van der Waals surface area contributed by atoms with Crippen molar-refractivity contribution in [1.29, 1.82) is 0 Å². The third kappa shape index (κ3) is 4.18. The number of carbonyl (C=O) groups excluding carboxylic acids is 1. The molecule has 0 aliphatic carbocycles. The number of ether oxygens (including phenoxy) is 1. The van der Waals surface area contributed by atoms with Crippen LogP contribution in [0.4, 0.5) is 17.1 Å². The summed E-state index contributed by atoms with van der Waals surface area (Å²) in [5.41, 5.74) is 5.10. The second kappa shape index (κ2) is 9.61. The third-order valence-corrected chi connectivity index (χ3v) is 9.12. The highest BCUT2D eigenvalue weighted by Crippen LogP contribution is 2.52. The highest BCUT2D eigenvalue weighted by molar-refractivity contribution is 7.09. The van der Waals surface area contributed by atoms with E-state index in [0.717, 1.165) is 59.1 Å². The molecule has 0 saturated carbocycles. The van der Waals surface area contributed by atoms with E-state index in [4.69, 9.17) is 4.74 Å². The van der Waals surface area contributed by atoms with Gasteiger partial charge in [0.25, 0.3) is 0 Å². The topological polar surface area (TPSA) is 44.8 Å². The van der Waals surface area contributed by atoms with Gasteiger partial charge in [-0.2, -0.15) is 0 Å². The van der Waals surface area contributed by atoms with Crippen LogP contribution >= 0.6 is 11.3 Å². The van der Waals surface area contributed by atoms with E-state index in [-0.39, 0.29) is 5.91 Å². The maximum Gasteiger partial charge on any atom is 0.221 e. The Morgan fingerprint density at radius 1 is 0.895 bits per heavy atom. The van der Waals surface area contributed by atoms with Gasteiger partial charge >= 0.3 is 0 Å². The van der Waals surface area contributed by atoms with Crippen molar-refractivity contribution in [2.45, 2.75) is 57.3 Å². The van der Waals surface area contributed by atoms with Gasteiger partial charge in [-0.1, -0.05) is 42.5 Å². The van der Waals surface area contributed by atoms with Crippen molar-refractivity contribution in [2.24, 2.45) is 0 Å². The van der Waals surface area contributed by atoms with Gasteiger partial charge in [0.15, 0.2) is 11.5 Å². The number of hydrogen-bond acceptors (Lipinski definition) is 5. The van der Waals surface area contributed by atoms with Crippen LogP contribution in [0, 0.1) is 0 Å². The van der Waals surface area contributed by atoms with E-state index in [9.17, 15) is 4.79 Å². The Hall–Kier alpha value is -3.61. The van der Waals surface area contributed by atoms with Gasteiger partial charge in [0.05, 0.1) is 11.4 Å². The molecule has 1 N–H and O–H groups in total. The van der Waals surface area contributed by atoms with Gasteiger partial charge in [0, 0.05) is 47.7 Å². The molecule has 3 aliphatic rings. The molecule has 4 heterocycles. The zero-order valence-corrected chi connectivity index (χ0v) is 22.3. The number of amides is 1. The number of nitrogens with zero attached hydrogens (tertiary/aromatic N) is 2. The number of anilines is 3. The molecule has 192 valence electrons. The van der Waals surface area contributed by atoms with Gasteiger partial charge in [-0.05, 0) is 73.0 Å². The molecule has 1 aromatic heterocycles. The molecule has 0 spiro atoms. The summed E-state index contributed by atoms with van der Waals surface area (Å²) in [7, 11) is 0. The molecule has 3 aliphatic heterocycles. The molecule has 5 nitrogen and oxygen atoms in total. The SMILES string of the molecule is CC(=O)Nc1ccccc1-c1ccc2c(c1)Oc1ccccc1N2C1C[C@H]2CC[C@@H](C1)N2Cc1cccs1. The number of nitrogens with one attached hydrogen (secondary N) is 1. The molecule has 3 atom stereocenters. The second-order valence-corrected chi connectivity index (χ2v) is 11.6. The van der Waals surface area contributed by atoms with E-state index in [2.05, 4.69) is 69.0 Å². The molecule has 7 rings (SSSR count). The maximum absolute atomic E-state index is 11.8. The number of benzene rings is 3. The first kappa shape index (κ1) is 23.5. The second-order valence-electron chi connectivity index (χ2n) is 10.6. The number of fused-ring (bicyclic) bond motifs is 4. The molecule has 1 amide bonds. The molecule has 2 bridgehead atoms. The van der Waals surface area contributed by atoms with E-state index in [1.807, 2.05) is 41.7 Å². The third-order valence-electron chi connectivity index (χ3n) is 8.26. The Bertz CT molecular complexity index is 1470. The highest BCUT2D eigenvalue weighted by atomic mass is 32.1. The fourth-order valence-electron chi connectivity index (χ4n) is 6.68. The first-order valence-electron chi connectivity index (χ1n) is 13.5. The molecular weight excluding hydrogens is 490 g/mol. The summed E-state index contributed by atoms with van der Waals surface area (Å²) in [6.45, 7) is 2.62. The molecule has 1 unspecified atom stereocenters. The highest BCUT2D eigenvalue weighted by Gasteiger charge is 2.44. The van der Waals surface area contributed by atoms with Crippen LogP contribution in [0.5, 0.6) is 11.5 Å². The molecule has 6 heteroatoms. The van der Waals surface area contributed by atoms with Crippen LogP contribution < -0.4 is 15.0 Å². The van der Waals surface area contributed by atoms with Gasteiger partial charge in [0.2, 0.25) is 5.91 Å². The number of para-hydroxylation sites is 3. The first-order chi connectivity index (χ1) is 18.6. The smallest absolute Gasteiger partial charge is 0.221 e. The number of thiophene rings is 1. The monoisotopic (exact) mass is 521 g/mol. The van der Waals surface area contributed by atoms with Gasteiger partial charge < -0.3 is 15.0 Å². The van der Waals surface area contributed by atoms with Crippen LogP contribution in [0.15, 0.2) is 84.2 Å². The van der Waals surface area contributed by atoms with Crippen molar-refractivity contribution in [1.82, 2.24) is 4.90 Å². The average Bonchev–Trinajstić information content (AvgIpc) is 3.51. The van der Waals surface area contributed by atoms with E-state index in [0.29, 0.717) is 18.1 Å². The number of rotatable bonds is 5. The normalized spacial score (nSPS) is 21.9. The molecule has 3 aromatic carbocycles. The zero-order valence-electron chi connectivity index (χ0n) is 21.5. The lowest BCUT2D eigenvalue weighted by Crippen LogP contribution is -2.49. The lowest BCUT2D eigenvalue weighted by Gasteiger charge is -2.46. The molecular formula is C32H31N3O2S. The number of hydrogen-bond donors (Lipinski definition) is 1. The zero-order chi connectivity index (χ0) is 25.6. The number of carbonyl (C=O) groups is 1. The van der Waals surface area contributed by atoms with Gasteiger partial charge in [-0.3, -0.25) is 9.69 Å². The Labute approximate surface area is 227 Å². The predicted octanol–water partition coefficient (Wildman–Crippen LogP) is 7.81. The van der Waals surface area contributed by atoms with Gasteiger partial charge in [0.1, 0.15) is 0 Å². The summed E-state index contributed by atoms with van der Waals surface area (Å²) in [5.74, 6) is 1.69. The molecule has 38 heavy (non-hydrogen) atoms. The fourth-order valence-corrected chi connectivity index (χ4v) is 7.39. The van der Waals surface area contributed by atoms with Crippen molar-refractivity contribution in [3.8, 4) is 22.6 Å². The Balaban J connectivity index is 1.23. The minimum absolute atomic E-state index is 0.0770.